The average Bonchev–Trinajstić information content (AvgIpc) is 2.79. The highest BCUT2D eigenvalue weighted by Gasteiger charge is 2.47. The largest absolute Gasteiger partial charge is 0.481 e. The van der Waals surface area contributed by atoms with Crippen LogP contribution in [0.15, 0.2) is 12.2 Å². The number of rotatable bonds is 4. The monoisotopic (exact) mass is 198 g/mol. The van der Waals surface area contributed by atoms with Gasteiger partial charge < -0.3 is 9.84 Å². The first-order chi connectivity index (χ1) is 6.46. The van der Waals surface area contributed by atoms with Crippen molar-refractivity contribution in [3.63, 3.8) is 0 Å². The van der Waals surface area contributed by atoms with Crippen LogP contribution in [0.5, 0.6) is 0 Å². The Hall–Kier alpha value is -1.32. The molecular formula is C10H14O4. The molecule has 1 fully saturated rings. The Labute approximate surface area is 82.6 Å². The number of hydrogen-bond acceptors (Lipinski definition) is 3. The zero-order valence-corrected chi connectivity index (χ0v) is 8.32. The molecule has 14 heavy (non-hydrogen) atoms. The second-order valence-electron chi connectivity index (χ2n) is 3.78. The highest BCUT2D eigenvalue weighted by molar-refractivity contribution is 5.86. The third-order valence-electron chi connectivity index (χ3n) is 2.10. The van der Waals surface area contributed by atoms with Crippen molar-refractivity contribution in [1.29, 1.82) is 0 Å². The summed E-state index contributed by atoms with van der Waals surface area (Å²) in [4.78, 5) is 21.8. The molecule has 1 aliphatic carbocycles. The molecule has 78 valence electrons. The SMILES string of the molecule is CC(C)OC(=O)C=CC1(C(=O)O)CC1. The summed E-state index contributed by atoms with van der Waals surface area (Å²) in [7, 11) is 0. The molecule has 0 aliphatic heterocycles. The van der Waals surface area contributed by atoms with Crippen molar-refractivity contribution >= 4 is 11.9 Å². The zero-order chi connectivity index (χ0) is 10.8. The van der Waals surface area contributed by atoms with Gasteiger partial charge in [0.25, 0.3) is 0 Å². The number of carboxylic acids is 1. The van der Waals surface area contributed by atoms with Gasteiger partial charge in [-0.05, 0) is 26.7 Å². The van der Waals surface area contributed by atoms with E-state index < -0.39 is 17.4 Å². The Kier molecular flexibility index (Phi) is 2.93. The van der Waals surface area contributed by atoms with Crippen LogP contribution >= 0.6 is 0 Å². The lowest BCUT2D eigenvalue weighted by molar-refractivity contribution is -0.141. The van der Waals surface area contributed by atoms with Gasteiger partial charge in [0, 0.05) is 6.08 Å². The van der Waals surface area contributed by atoms with Crippen molar-refractivity contribution in [1.82, 2.24) is 0 Å². The minimum atomic E-state index is -0.869. The minimum Gasteiger partial charge on any atom is -0.481 e. The highest BCUT2D eigenvalue weighted by Crippen LogP contribution is 2.47. The van der Waals surface area contributed by atoms with E-state index >= 15 is 0 Å². The number of ether oxygens (including phenoxy) is 1. The summed E-state index contributed by atoms with van der Waals surface area (Å²) in [5, 5.41) is 8.80. The first-order valence-electron chi connectivity index (χ1n) is 4.59. The van der Waals surface area contributed by atoms with E-state index in [0.717, 1.165) is 0 Å². The number of aliphatic carboxylic acids is 1. The van der Waals surface area contributed by atoms with Gasteiger partial charge in [0.15, 0.2) is 0 Å². The van der Waals surface area contributed by atoms with Crippen molar-refractivity contribution in [3.8, 4) is 0 Å². The fourth-order valence-corrected chi connectivity index (χ4v) is 1.09. The van der Waals surface area contributed by atoms with E-state index in [1.807, 2.05) is 0 Å². The van der Waals surface area contributed by atoms with Crippen LogP contribution in [0.4, 0.5) is 0 Å². The molecule has 0 aromatic carbocycles. The molecule has 1 N–H and O–H groups in total. The predicted octanol–water partition coefficient (Wildman–Crippen LogP) is 1.36. The van der Waals surface area contributed by atoms with Gasteiger partial charge >= 0.3 is 11.9 Å². The van der Waals surface area contributed by atoms with Crippen LogP contribution in [0.1, 0.15) is 26.7 Å². The number of carbonyl (C=O) groups is 2. The van der Waals surface area contributed by atoms with Crippen LogP contribution in [0.3, 0.4) is 0 Å². The average molecular weight is 198 g/mol. The summed E-state index contributed by atoms with van der Waals surface area (Å²) >= 11 is 0. The fraction of sp³-hybridized carbons (Fsp3) is 0.600. The van der Waals surface area contributed by atoms with Gasteiger partial charge in [0.1, 0.15) is 0 Å². The molecule has 0 heterocycles. The van der Waals surface area contributed by atoms with E-state index in [-0.39, 0.29) is 6.10 Å². The van der Waals surface area contributed by atoms with E-state index in [1.54, 1.807) is 13.8 Å². The molecule has 0 unspecified atom stereocenters. The highest BCUT2D eigenvalue weighted by atomic mass is 16.5. The van der Waals surface area contributed by atoms with Gasteiger partial charge in [0.2, 0.25) is 0 Å². The predicted molar refractivity (Wildman–Crippen MR) is 49.7 cm³/mol. The Morgan fingerprint density at radius 1 is 1.43 bits per heavy atom. The summed E-state index contributed by atoms with van der Waals surface area (Å²) < 4.78 is 4.83. The van der Waals surface area contributed by atoms with Crippen molar-refractivity contribution in [2.24, 2.45) is 5.41 Å². The van der Waals surface area contributed by atoms with Gasteiger partial charge in [0.05, 0.1) is 11.5 Å². The number of hydrogen-bond donors (Lipinski definition) is 1. The summed E-state index contributed by atoms with van der Waals surface area (Å²) in [6.07, 6.45) is 3.68. The quantitative estimate of drug-likeness (QED) is 0.547. The Bertz CT molecular complexity index is 274. The lowest BCUT2D eigenvalue weighted by Gasteiger charge is -2.05. The van der Waals surface area contributed by atoms with Crippen LogP contribution in [0.25, 0.3) is 0 Å². The molecule has 4 heteroatoms. The summed E-state index contributed by atoms with van der Waals surface area (Å²) in [5.41, 5.74) is -0.796. The summed E-state index contributed by atoms with van der Waals surface area (Å²) in [5.74, 6) is -1.35. The van der Waals surface area contributed by atoms with Crippen molar-refractivity contribution in [2.75, 3.05) is 0 Å². The van der Waals surface area contributed by atoms with Crippen molar-refractivity contribution in [2.45, 2.75) is 32.8 Å². The summed E-state index contributed by atoms with van der Waals surface area (Å²) in [6.45, 7) is 3.49. The van der Waals surface area contributed by atoms with E-state index in [2.05, 4.69) is 0 Å². The molecule has 0 saturated heterocycles. The van der Waals surface area contributed by atoms with Crippen molar-refractivity contribution in [3.05, 3.63) is 12.2 Å². The van der Waals surface area contributed by atoms with Crippen molar-refractivity contribution < 1.29 is 19.4 Å². The maximum absolute atomic E-state index is 11.0. The van der Waals surface area contributed by atoms with Gasteiger partial charge in [-0.2, -0.15) is 0 Å². The molecule has 1 rings (SSSR count). The summed E-state index contributed by atoms with van der Waals surface area (Å²) in [6, 6.07) is 0. The molecule has 0 aromatic rings. The van der Waals surface area contributed by atoms with Gasteiger partial charge in [-0.15, -0.1) is 0 Å². The zero-order valence-electron chi connectivity index (χ0n) is 8.32. The Morgan fingerprint density at radius 2 is 2.00 bits per heavy atom. The Balaban J connectivity index is 2.48. The number of esters is 1. The van der Waals surface area contributed by atoms with Crippen LogP contribution < -0.4 is 0 Å². The number of carbonyl (C=O) groups excluding carboxylic acids is 1. The topological polar surface area (TPSA) is 63.6 Å². The lowest BCUT2D eigenvalue weighted by Crippen LogP contribution is -2.13. The fourth-order valence-electron chi connectivity index (χ4n) is 1.09. The molecule has 0 radical (unpaired) electrons. The molecular weight excluding hydrogens is 184 g/mol. The molecule has 0 spiro atoms. The second kappa shape index (κ2) is 3.82. The molecule has 0 amide bonds. The van der Waals surface area contributed by atoms with E-state index in [9.17, 15) is 9.59 Å². The van der Waals surface area contributed by atoms with Crippen LogP contribution in [-0.4, -0.2) is 23.1 Å². The minimum absolute atomic E-state index is 0.174. The van der Waals surface area contributed by atoms with E-state index in [1.165, 1.54) is 12.2 Å². The van der Waals surface area contributed by atoms with E-state index in [4.69, 9.17) is 9.84 Å². The lowest BCUT2D eigenvalue weighted by atomic mass is 10.1. The molecule has 0 aromatic heterocycles. The van der Waals surface area contributed by atoms with Gasteiger partial charge in [-0.3, -0.25) is 4.79 Å². The van der Waals surface area contributed by atoms with Gasteiger partial charge in [-0.1, -0.05) is 6.08 Å². The Morgan fingerprint density at radius 3 is 2.36 bits per heavy atom. The molecule has 4 nitrogen and oxygen atoms in total. The smallest absolute Gasteiger partial charge is 0.330 e. The second-order valence-corrected chi connectivity index (χ2v) is 3.78. The number of carboxylic acid groups (broad SMARTS) is 1. The first kappa shape index (κ1) is 10.8. The van der Waals surface area contributed by atoms with Crippen LogP contribution in [0, 0.1) is 5.41 Å². The standard InChI is InChI=1S/C10H14O4/c1-7(2)14-8(11)3-4-10(5-6-10)9(12)13/h3-4,7H,5-6H2,1-2H3,(H,12,13). The maximum Gasteiger partial charge on any atom is 0.330 e. The molecule has 0 bridgehead atoms. The van der Waals surface area contributed by atoms with Gasteiger partial charge in [-0.25, -0.2) is 4.79 Å². The van der Waals surface area contributed by atoms with Crippen LogP contribution in [-0.2, 0) is 14.3 Å². The first-order valence-corrected chi connectivity index (χ1v) is 4.59. The van der Waals surface area contributed by atoms with E-state index in [0.29, 0.717) is 12.8 Å². The third kappa shape index (κ3) is 2.58. The third-order valence-corrected chi connectivity index (χ3v) is 2.10. The molecule has 1 aliphatic rings. The normalized spacial score (nSPS) is 18.5. The maximum atomic E-state index is 11.0. The van der Waals surface area contributed by atoms with Crippen LogP contribution in [0.2, 0.25) is 0 Å². The molecule has 0 atom stereocenters. The molecule has 1 saturated carbocycles.